The third kappa shape index (κ3) is 10.3. The molecule has 0 saturated heterocycles. The molecule has 0 atom stereocenters. The Morgan fingerprint density at radius 1 is 0.556 bits per heavy atom. The predicted molar refractivity (Wildman–Crippen MR) is 73.7 cm³/mol. The molecule has 0 bridgehead atoms. The molecule has 0 spiro atoms. The van der Waals surface area contributed by atoms with Crippen molar-refractivity contribution < 1.29 is 34.0 Å². The molecule has 2 rings (SSSR count). The van der Waals surface area contributed by atoms with Crippen LogP contribution in [0.5, 0.6) is 0 Å². The number of hydrogen-bond donors (Lipinski definition) is 0. The van der Waals surface area contributed by atoms with Crippen molar-refractivity contribution in [2.24, 2.45) is 0 Å². The summed E-state index contributed by atoms with van der Waals surface area (Å²) < 4.78 is 2.55. The molecule has 18 heavy (non-hydrogen) atoms. The Labute approximate surface area is 164 Å². The van der Waals surface area contributed by atoms with E-state index in [-0.39, 0.29) is 34.0 Å². The van der Waals surface area contributed by atoms with Crippen molar-refractivity contribution in [3.63, 3.8) is 0 Å². The van der Waals surface area contributed by atoms with E-state index in [1.54, 1.807) is 0 Å². The third-order valence-electron chi connectivity index (χ3n) is 1.83. The van der Waals surface area contributed by atoms with Crippen molar-refractivity contribution in [3.05, 3.63) is 58.6 Å². The van der Waals surface area contributed by atoms with Gasteiger partial charge in [-0.25, -0.2) is 0 Å². The molecule has 0 unspecified atom stereocenters. The van der Waals surface area contributed by atoms with Gasteiger partial charge in [-0.15, -0.1) is 0 Å². The summed E-state index contributed by atoms with van der Waals surface area (Å²) >= 11 is 14.9. The summed E-state index contributed by atoms with van der Waals surface area (Å²) in [5.41, 5.74) is 0. The first-order chi connectivity index (χ1) is 7.58. The topological polar surface area (TPSA) is 0 Å². The number of benzene rings is 2. The molecule has 88 valence electrons. The van der Waals surface area contributed by atoms with E-state index in [9.17, 15) is 0 Å². The van der Waals surface area contributed by atoms with E-state index in [4.69, 9.17) is 23.2 Å². The van der Waals surface area contributed by atoms with Gasteiger partial charge in [0.2, 0.25) is 0 Å². The first-order valence-corrected chi connectivity index (χ1v) is 6.90. The van der Waals surface area contributed by atoms with Crippen LogP contribution >= 0.6 is 23.2 Å². The molecular formula is C12H8Br2Cl2Mg2. The summed E-state index contributed by atoms with van der Waals surface area (Å²) in [6, 6.07) is 15.6. The number of rotatable bonds is 0. The van der Waals surface area contributed by atoms with Gasteiger partial charge in [0.15, 0.2) is 0 Å². The van der Waals surface area contributed by atoms with Crippen molar-refractivity contribution >= 4 is 74.0 Å². The van der Waals surface area contributed by atoms with Gasteiger partial charge in [-0.3, -0.25) is 0 Å². The van der Waals surface area contributed by atoms with Crippen LogP contribution in [0.15, 0.2) is 48.5 Å². The van der Waals surface area contributed by atoms with Crippen molar-refractivity contribution in [3.8, 4) is 0 Å². The summed E-state index contributed by atoms with van der Waals surface area (Å²) in [5, 5.41) is 1.61. The van der Waals surface area contributed by atoms with Crippen molar-refractivity contribution in [2.45, 2.75) is 0 Å². The Hall–Kier alpha value is 1.51. The first-order valence-electron chi connectivity index (χ1n) is 4.73. The molecule has 2 aromatic carbocycles. The van der Waals surface area contributed by atoms with E-state index < -0.39 is 0 Å². The number of halogens is 4. The zero-order valence-electron chi connectivity index (χ0n) is 9.54. The van der Waals surface area contributed by atoms with E-state index in [0.717, 1.165) is 10.0 Å². The summed E-state index contributed by atoms with van der Waals surface area (Å²) in [7, 11) is 0. The van der Waals surface area contributed by atoms with E-state index in [2.05, 4.69) is 0 Å². The summed E-state index contributed by atoms with van der Waals surface area (Å²) in [4.78, 5) is 0. The van der Waals surface area contributed by atoms with Gasteiger partial charge in [-0.1, -0.05) is 0 Å². The van der Waals surface area contributed by atoms with Crippen LogP contribution in [0.2, 0.25) is 10.0 Å². The van der Waals surface area contributed by atoms with Crippen LogP contribution in [-0.2, 0) is 0 Å². The van der Waals surface area contributed by atoms with E-state index in [0.29, 0.717) is 0 Å². The Morgan fingerprint density at radius 3 is 0.944 bits per heavy atom. The zero-order chi connectivity index (χ0) is 12.0. The van der Waals surface area contributed by atoms with Gasteiger partial charge in [0.1, 0.15) is 0 Å². The van der Waals surface area contributed by atoms with Crippen molar-refractivity contribution in [1.82, 2.24) is 0 Å². The van der Waals surface area contributed by atoms with Gasteiger partial charge >= 0.3 is 133 Å². The summed E-state index contributed by atoms with van der Waals surface area (Å²) in [6.07, 6.45) is 0. The van der Waals surface area contributed by atoms with E-state index in [1.807, 2.05) is 91.9 Å². The Morgan fingerprint density at radius 2 is 0.778 bits per heavy atom. The van der Waals surface area contributed by atoms with Gasteiger partial charge in [0, 0.05) is 0 Å². The Kier molecular flexibility index (Phi) is 14.9. The predicted octanol–water partition coefficient (Wildman–Crippen LogP) is -3.72. The van der Waals surface area contributed by atoms with Crippen LogP contribution in [0.4, 0.5) is 0 Å². The molecule has 0 aliphatic rings. The van der Waals surface area contributed by atoms with Crippen LogP contribution in [0, 0.1) is 0 Å². The zero-order valence-corrected chi connectivity index (χ0v) is 17.1. The van der Waals surface area contributed by atoms with Crippen LogP contribution in [0.3, 0.4) is 0 Å². The normalized spacial score (nSPS) is 8.33. The molecular weight excluding hydrogens is 423 g/mol. The van der Waals surface area contributed by atoms with E-state index >= 15 is 0 Å². The van der Waals surface area contributed by atoms with Crippen LogP contribution in [0.25, 0.3) is 0 Å². The minimum absolute atomic E-state index is 0. The fourth-order valence-corrected chi connectivity index (χ4v) is 1.69. The second-order valence-electron chi connectivity index (χ2n) is 3.25. The van der Waals surface area contributed by atoms with Gasteiger partial charge < -0.3 is 34.0 Å². The maximum absolute atomic E-state index is 5.61. The standard InChI is InChI=1S/2C6H4Cl.2BrH.2Mg/c2*7-6-4-2-1-3-5-6;;;;/h2*2-5H;2*1H;;/q;;;;2*+1/p-2. The second kappa shape index (κ2) is 12.3. The Balaban J connectivity index is 0. The van der Waals surface area contributed by atoms with E-state index in [1.165, 1.54) is 7.39 Å². The maximum atomic E-state index is 5.61. The van der Waals surface area contributed by atoms with Crippen molar-refractivity contribution in [2.75, 3.05) is 0 Å². The van der Waals surface area contributed by atoms with Gasteiger partial charge in [0.05, 0.1) is 0 Å². The summed E-state index contributed by atoms with van der Waals surface area (Å²) in [5.74, 6) is 0. The van der Waals surface area contributed by atoms with Gasteiger partial charge in [-0.2, -0.15) is 0 Å². The van der Waals surface area contributed by atoms with Crippen LogP contribution < -0.4 is 41.3 Å². The average molecular weight is 432 g/mol. The monoisotopic (exact) mass is 428 g/mol. The molecule has 0 saturated carbocycles. The van der Waals surface area contributed by atoms with Gasteiger partial charge in [-0.05, 0) is 0 Å². The fourth-order valence-electron chi connectivity index (χ4n) is 0.969. The molecule has 0 aliphatic carbocycles. The molecule has 0 N–H and O–H groups in total. The van der Waals surface area contributed by atoms with Gasteiger partial charge in [0.25, 0.3) is 0 Å². The van der Waals surface area contributed by atoms with Crippen LogP contribution in [0.1, 0.15) is 0 Å². The molecule has 0 nitrogen and oxygen atoms in total. The van der Waals surface area contributed by atoms with Crippen LogP contribution in [-0.4, -0.2) is 43.4 Å². The second-order valence-corrected chi connectivity index (χ2v) is 5.76. The molecule has 0 aromatic heterocycles. The molecule has 0 radical (unpaired) electrons. The molecule has 0 amide bonds. The SMILES string of the molecule is [Br-].[Br-].[Mg+][c]1ccc(Cl)cc1.[Mg+][c]1ccc(Cl)cc1. The molecule has 2 aromatic rings. The molecule has 0 aliphatic heterocycles. The first kappa shape index (κ1) is 21.8. The summed E-state index contributed by atoms with van der Waals surface area (Å²) in [6.45, 7) is 0. The third-order valence-corrected chi connectivity index (χ3v) is 3.27. The molecule has 0 fully saturated rings. The molecule has 0 heterocycles. The quantitative estimate of drug-likeness (QED) is 0.377. The fraction of sp³-hybridized carbons (Fsp3) is 0. The average Bonchev–Trinajstić information content (AvgIpc) is 2.28. The Bertz CT molecular complexity index is 347. The minimum atomic E-state index is 0. The van der Waals surface area contributed by atoms with Crippen molar-refractivity contribution in [1.29, 1.82) is 0 Å². The number of hydrogen-bond acceptors (Lipinski definition) is 0. The molecule has 6 heteroatoms.